The molecule has 0 saturated heterocycles. The zero-order valence-corrected chi connectivity index (χ0v) is 7.19. The van der Waals surface area contributed by atoms with E-state index >= 15 is 0 Å². The van der Waals surface area contributed by atoms with Crippen LogP contribution in [0.5, 0.6) is 0 Å². The van der Waals surface area contributed by atoms with Crippen molar-refractivity contribution in [3.8, 4) is 0 Å². The quantitative estimate of drug-likeness (QED) is 0.692. The number of aryl methyl sites for hydroxylation is 1. The highest BCUT2D eigenvalue weighted by Crippen LogP contribution is 2.13. The van der Waals surface area contributed by atoms with E-state index in [9.17, 15) is 4.79 Å². The Bertz CT molecular complexity index is 473. The normalized spacial score (nSPS) is 10.5. The summed E-state index contributed by atoms with van der Waals surface area (Å²) in [6.07, 6.45) is 3.56. The van der Waals surface area contributed by atoms with Crippen LogP contribution in [-0.4, -0.2) is 15.5 Å². The third-order valence-electron chi connectivity index (χ3n) is 2.02. The third kappa shape index (κ3) is 1.16. The predicted octanol–water partition coefficient (Wildman–Crippen LogP) is 0.672. The Kier molecular flexibility index (Phi) is 1.55. The van der Waals surface area contributed by atoms with Gasteiger partial charge >= 0.3 is 0 Å². The van der Waals surface area contributed by atoms with Crippen LogP contribution in [0.25, 0.3) is 10.9 Å². The monoisotopic (exact) mass is 175 g/mol. The Balaban J connectivity index is 2.70. The van der Waals surface area contributed by atoms with Crippen LogP contribution in [0, 0.1) is 0 Å². The maximum atomic E-state index is 10.8. The van der Waals surface area contributed by atoms with E-state index in [0.29, 0.717) is 5.69 Å². The van der Waals surface area contributed by atoms with Crippen molar-refractivity contribution in [2.24, 2.45) is 12.8 Å². The number of aromatic nitrogens is 2. The zero-order valence-electron chi connectivity index (χ0n) is 7.19. The summed E-state index contributed by atoms with van der Waals surface area (Å²) in [6.45, 7) is 0. The minimum atomic E-state index is -0.495. The van der Waals surface area contributed by atoms with Crippen molar-refractivity contribution in [3.05, 3.63) is 30.2 Å². The molecule has 13 heavy (non-hydrogen) atoms. The summed E-state index contributed by atoms with van der Waals surface area (Å²) in [7, 11) is 1.92. The summed E-state index contributed by atoms with van der Waals surface area (Å²) < 4.78 is 1.94. The lowest BCUT2D eigenvalue weighted by Gasteiger charge is -1.96. The molecule has 0 aliphatic rings. The SMILES string of the molecule is Cn1ccc2cc(C(N)=O)ncc21. The topological polar surface area (TPSA) is 60.9 Å². The van der Waals surface area contributed by atoms with Crippen molar-refractivity contribution in [1.29, 1.82) is 0 Å². The third-order valence-corrected chi connectivity index (χ3v) is 2.02. The molecule has 4 heteroatoms. The maximum Gasteiger partial charge on any atom is 0.267 e. The van der Waals surface area contributed by atoms with Crippen LogP contribution in [0.4, 0.5) is 0 Å². The number of hydrogen-bond donors (Lipinski definition) is 1. The number of primary amides is 1. The first kappa shape index (κ1) is 7.79. The molecule has 2 aromatic rings. The summed E-state index contributed by atoms with van der Waals surface area (Å²) >= 11 is 0. The van der Waals surface area contributed by atoms with Gasteiger partial charge in [0, 0.05) is 18.6 Å². The van der Waals surface area contributed by atoms with Crippen molar-refractivity contribution in [2.75, 3.05) is 0 Å². The largest absolute Gasteiger partial charge is 0.364 e. The fourth-order valence-corrected chi connectivity index (χ4v) is 1.30. The molecule has 0 atom stereocenters. The predicted molar refractivity (Wildman–Crippen MR) is 49.2 cm³/mol. The lowest BCUT2D eigenvalue weighted by Crippen LogP contribution is -2.12. The van der Waals surface area contributed by atoms with Crippen molar-refractivity contribution in [3.63, 3.8) is 0 Å². The molecule has 0 aliphatic heterocycles. The highest BCUT2D eigenvalue weighted by atomic mass is 16.1. The van der Waals surface area contributed by atoms with Gasteiger partial charge in [0.15, 0.2) is 0 Å². The van der Waals surface area contributed by atoms with E-state index in [2.05, 4.69) is 4.98 Å². The van der Waals surface area contributed by atoms with Crippen molar-refractivity contribution in [1.82, 2.24) is 9.55 Å². The Morgan fingerprint density at radius 2 is 2.38 bits per heavy atom. The van der Waals surface area contributed by atoms with Crippen LogP contribution in [0.2, 0.25) is 0 Å². The molecule has 0 aromatic carbocycles. The fourth-order valence-electron chi connectivity index (χ4n) is 1.30. The molecule has 0 aliphatic carbocycles. The molecule has 2 aromatic heterocycles. The van der Waals surface area contributed by atoms with Gasteiger partial charge in [0.05, 0.1) is 11.7 Å². The van der Waals surface area contributed by atoms with Crippen LogP contribution in [0.3, 0.4) is 0 Å². The summed E-state index contributed by atoms with van der Waals surface area (Å²) in [5.41, 5.74) is 6.40. The number of nitrogens with two attached hydrogens (primary N) is 1. The average Bonchev–Trinajstić information content (AvgIpc) is 2.47. The molecule has 1 amide bonds. The van der Waals surface area contributed by atoms with E-state index in [1.54, 1.807) is 12.3 Å². The second kappa shape index (κ2) is 2.58. The lowest BCUT2D eigenvalue weighted by molar-refractivity contribution is 0.0996. The molecule has 2 rings (SSSR count). The Hall–Kier alpha value is -1.84. The highest BCUT2D eigenvalue weighted by molar-refractivity contribution is 5.94. The molecular formula is C9H9N3O. The van der Waals surface area contributed by atoms with E-state index in [1.165, 1.54) is 0 Å². The van der Waals surface area contributed by atoms with Crippen LogP contribution in [0.15, 0.2) is 24.5 Å². The molecule has 0 spiro atoms. The first-order chi connectivity index (χ1) is 6.18. The van der Waals surface area contributed by atoms with Gasteiger partial charge in [-0.1, -0.05) is 0 Å². The van der Waals surface area contributed by atoms with Crippen LogP contribution in [0.1, 0.15) is 10.5 Å². The molecule has 0 unspecified atom stereocenters. The van der Waals surface area contributed by atoms with E-state index in [-0.39, 0.29) is 0 Å². The smallest absolute Gasteiger partial charge is 0.267 e. The minimum Gasteiger partial charge on any atom is -0.364 e. The standard InChI is InChI=1S/C9H9N3O/c1-12-3-2-6-4-7(9(10)13)11-5-8(6)12/h2-5H,1H3,(H2,10,13). The Labute approximate surface area is 75.0 Å². The molecular weight excluding hydrogens is 166 g/mol. The van der Waals surface area contributed by atoms with E-state index < -0.39 is 5.91 Å². The number of carbonyl (C=O) groups is 1. The Morgan fingerprint density at radius 1 is 1.62 bits per heavy atom. The van der Waals surface area contributed by atoms with Crippen molar-refractivity contribution >= 4 is 16.8 Å². The number of fused-ring (bicyclic) bond motifs is 1. The van der Waals surface area contributed by atoms with Crippen LogP contribution in [-0.2, 0) is 7.05 Å². The number of pyridine rings is 1. The van der Waals surface area contributed by atoms with Gasteiger partial charge in [0.1, 0.15) is 5.69 Å². The molecule has 0 saturated carbocycles. The number of carbonyl (C=O) groups excluding carboxylic acids is 1. The van der Waals surface area contributed by atoms with Gasteiger partial charge in [-0.15, -0.1) is 0 Å². The van der Waals surface area contributed by atoms with Crippen molar-refractivity contribution in [2.45, 2.75) is 0 Å². The second-order valence-corrected chi connectivity index (χ2v) is 2.92. The molecule has 2 heterocycles. The lowest BCUT2D eigenvalue weighted by atomic mass is 10.2. The molecule has 0 radical (unpaired) electrons. The first-order valence-electron chi connectivity index (χ1n) is 3.89. The van der Waals surface area contributed by atoms with Gasteiger partial charge in [0.25, 0.3) is 5.91 Å². The zero-order chi connectivity index (χ0) is 9.42. The van der Waals surface area contributed by atoms with Gasteiger partial charge in [0.2, 0.25) is 0 Å². The van der Waals surface area contributed by atoms with Gasteiger partial charge < -0.3 is 10.3 Å². The highest BCUT2D eigenvalue weighted by Gasteiger charge is 2.04. The van der Waals surface area contributed by atoms with E-state index in [1.807, 2.05) is 23.9 Å². The van der Waals surface area contributed by atoms with Gasteiger partial charge in [-0.3, -0.25) is 4.79 Å². The molecule has 0 fully saturated rings. The van der Waals surface area contributed by atoms with Crippen LogP contribution < -0.4 is 5.73 Å². The fraction of sp³-hybridized carbons (Fsp3) is 0.111. The number of amides is 1. The van der Waals surface area contributed by atoms with Gasteiger partial charge in [-0.25, -0.2) is 4.98 Å². The summed E-state index contributed by atoms with van der Waals surface area (Å²) in [5, 5.41) is 0.978. The number of rotatable bonds is 1. The number of hydrogen-bond acceptors (Lipinski definition) is 2. The molecule has 0 bridgehead atoms. The Morgan fingerprint density at radius 3 is 3.08 bits per heavy atom. The maximum absolute atomic E-state index is 10.8. The van der Waals surface area contributed by atoms with E-state index in [0.717, 1.165) is 10.9 Å². The average molecular weight is 175 g/mol. The summed E-state index contributed by atoms with van der Waals surface area (Å²) in [6, 6.07) is 3.61. The van der Waals surface area contributed by atoms with Crippen LogP contribution >= 0.6 is 0 Å². The summed E-state index contributed by atoms with van der Waals surface area (Å²) in [4.78, 5) is 14.7. The van der Waals surface area contributed by atoms with Crippen molar-refractivity contribution < 1.29 is 4.79 Å². The minimum absolute atomic E-state index is 0.304. The second-order valence-electron chi connectivity index (χ2n) is 2.92. The molecule has 66 valence electrons. The summed E-state index contributed by atoms with van der Waals surface area (Å²) in [5.74, 6) is -0.495. The van der Waals surface area contributed by atoms with Gasteiger partial charge in [-0.2, -0.15) is 0 Å². The van der Waals surface area contributed by atoms with Gasteiger partial charge in [-0.05, 0) is 12.1 Å². The van der Waals surface area contributed by atoms with E-state index in [4.69, 9.17) is 5.73 Å². The molecule has 2 N–H and O–H groups in total. The molecule has 4 nitrogen and oxygen atoms in total. The number of nitrogens with zero attached hydrogens (tertiary/aromatic N) is 2. The first-order valence-corrected chi connectivity index (χ1v) is 3.89.